The first-order valence-electron chi connectivity index (χ1n) is 6.26. The fourth-order valence-electron chi connectivity index (χ4n) is 2.25. The van der Waals surface area contributed by atoms with Crippen LogP contribution in [-0.2, 0) is 0 Å². The van der Waals surface area contributed by atoms with Crippen LogP contribution in [-0.4, -0.2) is 0 Å². The molecule has 0 amide bonds. The highest BCUT2D eigenvalue weighted by molar-refractivity contribution is 7.80. The molecule has 0 bridgehead atoms. The monoisotopic (exact) mass is 265 g/mol. The van der Waals surface area contributed by atoms with E-state index in [0.717, 1.165) is 11.3 Å². The summed E-state index contributed by atoms with van der Waals surface area (Å²) in [6.07, 6.45) is 0. The molecular weight excluding hydrogens is 250 g/mol. The summed E-state index contributed by atoms with van der Waals surface area (Å²) in [7, 11) is 0. The van der Waals surface area contributed by atoms with Gasteiger partial charge in [0.1, 0.15) is 0 Å². The molecule has 0 fully saturated rings. The Kier molecular flexibility index (Phi) is 3.18. The van der Waals surface area contributed by atoms with E-state index >= 15 is 0 Å². The molecule has 0 aliphatic carbocycles. The number of anilines is 1. The molecule has 0 radical (unpaired) electrons. The predicted octanol–water partition coefficient (Wildman–Crippen LogP) is 4.44. The summed E-state index contributed by atoms with van der Waals surface area (Å²) < 4.78 is 0. The van der Waals surface area contributed by atoms with Crippen LogP contribution in [0.2, 0.25) is 0 Å². The van der Waals surface area contributed by atoms with Gasteiger partial charge in [-0.1, -0.05) is 48.5 Å². The first-order valence-corrected chi connectivity index (χ1v) is 6.78. The minimum absolute atomic E-state index is 0.0743. The lowest BCUT2D eigenvalue weighted by Crippen LogP contribution is -1.94. The lowest BCUT2D eigenvalue weighted by atomic mass is 10.0. The number of thiol groups is 1. The van der Waals surface area contributed by atoms with E-state index in [4.69, 9.17) is 18.4 Å². The standard InChI is InChI=1S/C17H15NS/c18-16-9-7-13(8-10-16)17(19)15-6-5-12-3-1-2-4-14(12)11-15/h1-11,17,19H,18H2. The van der Waals surface area contributed by atoms with Crippen LogP contribution in [0.4, 0.5) is 5.69 Å². The normalized spacial score (nSPS) is 12.5. The van der Waals surface area contributed by atoms with Gasteiger partial charge in [-0.2, -0.15) is 12.6 Å². The van der Waals surface area contributed by atoms with E-state index < -0.39 is 0 Å². The SMILES string of the molecule is Nc1ccc(C(S)c2ccc3ccccc3c2)cc1. The largest absolute Gasteiger partial charge is 0.399 e. The van der Waals surface area contributed by atoms with Crippen molar-refractivity contribution in [1.29, 1.82) is 0 Å². The molecule has 2 N–H and O–H groups in total. The van der Waals surface area contributed by atoms with Gasteiger partial charge in [-0.3, -0.25) is 0 Å². The summed E-state index contributed by atoms with van der Waals surface area (Å²) >= 11 is 4.73. The van der Waals surface area contributed by atoms with Gasteiger partial charge in [0.15, 0.2) is 0 Å². The molecule has 2 heteroatoms. The van der Waals surface area contributed by atoms with Crippen molar-refractivity contribution in [2.45, 2.75) is 5.25 Å². The van der Waals surface area contributed by atoms with E-state index in [1.54, 1.807) is 0 Å². The highest BCUT2D eigenvalue weighted by atomic mass is 32.1. The molecule has 0 saturated heterocycles. The molecule has 1 unspecified atom stereocenters. The summed E-state index contributed by atoms with van der Waals surface area (Å²) in [6, 6.07) is 22.7. The molecule has 0 aliphatic heterocycles. The third kappa shape index (κ3) is 2.45. The van der Waals surface area contributed by atoms with E-state index in [1.807, 2.05) is 24.3 Å². The molecule has 0 saturated carbocycles. The molecule has 0 aromatic heterocycles. The second-order valence-electron chi connectivity index (χ2n) is 4.68. The van der Waals surface area contributed by atoms with Crippen molar-refractivity contribution < 1.29 is 0 Å². The predicted molar refractivity (Wildman–Crippen MR) is 85.6 cm³/mol. The average molecular weight is 265 g/mol. The molecule has 94 valence electrons. The average Bonchev–Trinajstić information content (AvgIpc) is 2.47. The van der Waals surface area contributed by atoms with Crippen LogP contribution in [0.1, 0.15) is 16.4 Å². The second-order valence-corrected chi connectivity index (χ2v) is 5.19. The Labute approximate surface area is 118 Å². The number of hydrogen-bond acceptors (Lipinski definition) is 2. The maximum Gasteiger partial charge on any atom is 0.0516 e. The summed E-state index contributed by atoms with van der Waals surface area (Å²) in [4.78, 5) is 0. The molecule has 1 nitrogen and oxygen atoms in total. The molecule has 3 aromatic rings. The first-order chi connectivity index (χ1) is 9.24. The molecular formula is C17H15NS. The van der Waals surface area contributed by atoms with E-state index in [0.29, 0.717) is 0 Å². The Balaban J connectivity index is 2.01. The smallest absolute Gasteiger partial charge is 0.0516 e. The molecule has 0 aliphatic rings. The second kappa shape index (κ2) is 4.98. The Hall–Kier alpha value is -1.93. The van der Waals surface area contributed by atoms with Gasteiger partial charge in [0.25, 0.3) is 0 Å². The quantitative estimate of drug-likeness (QED) is 0.520. The molecule has 0 spiro atoms. The van der Waals surface area contributed by atoms with Crippen LogP contribution >= 0.6 is 12.6 Å². The van der Waals surface area contributed by atoms with E-state index in [1.165, 1.54) is 16.3 Å². The third-order valence-electron chi connectivity index (χ3n) is 3.34. The minimum Gasteiger partial charge on any atom is -0.399 e. The lowest BCUT2D eigenvalue weighted by Gasteiger charge is -2.13. The number of rotatable bonds is 2. The number of benzene rings is 3. The summed E-state index contributed by atoms with van der Waals surface area (Å²) in [5, 5.41) is 2.57. The Morgan fingerprint density at radius 3 is 2.11 bits per heavy atom. The minimum atomic E-state index is 0.0743. The van der Waals surface area contributed by atoms with E-state index in [-0.39, 0.29) is 5.25 Å². The van der Waals surface area contributed by atoms with Crippen molar-refractivity contribution in [2.24, 2.45) is 0 Å². The van der Waals surface area contributed by atoms with Crippen molar-refractivity contribution in [2.75, 3.05) is 5.73 Å². The van der Waals surface area contributed by atoms with Crippen molar-refractivity contribution >= 4 is 29.1 Å². The summed E-state index contributed by atoms with van der Waals surface area (Å²) in [6.45, 7) is 0. The Morgan fingerprint density at radius 2 is 1.37 bits per heavy atom. The topological polar surface area (TPSA) is 26.0 Å². The summed E-state index contributed by atoms with van der Waals surface area (Å²) in [5.41, 5.74) is 8.86. The van der Waals surface area contributed by atoms with Crippen molar-refractivity contribution in [3.05, 3.63) is 77.9 Å². The van der Waals surface area contributed by atoms with Gasteiger partial charge in [-0.25, -0.2) is 0 Å². The molecule has 3 rings (SSSR count). The number of nitrogens with two attached hydrogens (primary N) is 1. The van der Waals surface area contributed by atoms with Crippen molar-refractivity contribution in [3.63, 3.8) is 0 Å². The van der Waals surface area contributed by atoms with Crippen molar-refractivity contribution in [3.8, 4) is 0 Å². The number of fused-ring (bicyclic) bond motifs is 1. The van der Waals surface area contributed by atoms with Gasteiger partial charge in [-0.05, 0) is 40.1 Å². The van der Waals surface area contributed by atoms with Crippen molar-refractivity contribution in [1.82, 2.24) is 0 Å². The molecule has 3 aromatic carbocycles. The zero-order valence-corrected chi connectivity index (χ0v) is 11.3. The lowest BCUT2D eigenvalue weighted by molar-refractivity contribution is 1.17. The van der Waals surface area contributed by atoms with Crippen LogP contribution < -0.4 is 5.73 Å². The summed E-state index contributed by atoms with van der Waals surface area (Å²) in [5.74, 6) is 0. The van der Waals surface area contributed by atoms with Crippen LogP contribution in [0.3, 0.4) is 0 Å². The van der Waals surface area contributed by atoms with Gasteiger partial charge in [0.2, 0.25) is 0 Å². The fourth-order valence-corrected chi connectivity index (χ4v) is 2.58. The zero-order chi connectivity index (χ0) is 13.2. The maximum atomic E-state index is 5.71. The molecule has 1 atom stereocenters. The van der Waals surface area contributed by atoms with Gasteiger partial charge in [-0.15, -0.1) is 0 Å². The first kappa shape index (κ1) is 12.1. The number of nitrogen functional groups attached to an aromatic ring is 1. The van der Waals surface area contributed by atoms with Gasteiger partial charge >= 0.3 is 0 Å². The van der Waals surface area contributed by atoms with E-state index in [2.05, 4.69) is 42.5 Å². The highest BCUT2D eigenvalue weighted by Gasteiger charge is 2.09. The van der Waals surface area contributed by atoms with Crippen LogP contribution in [0.25, 0.3) is 10.8 Å². The maximum absolute atomic E-state index is 5.71. The zero-order valence-electron chi connectivity index (χ0n) is 10.5. The molecule has 19 heavy (non-hydrogen) atoms. The third-order valence-corrected chi connectivity index (χ3v) is 3.94. The van der Waals surface area contributed by atoms with E-state index in [9.17, 15) is 0 Å². The van der Waals surface area contributed by atoms with Crippen LogP contribution in [0, 0.1) is 0 Å². The Morgan fingerprint density at radius 1 is 0.737 bits per heavy atom. The van der Waals surface area contributed by atoms with Gasteiger partial charge in [0.05, 0.1) is 5.25 Å². The molecule has 0 heterocycles. The Bertz CT molecular complexity index is 704. The van der Waals surface area contributed by atoms with Gasteiger partial charge < -0.3 is 5.73 Å². The van der Waals surface area contributed by atoms with Crippen LogP contribution in [0.15, 0.2) is 66.7 Å². The fraction of sp³-hybridized carbons (Fsp3) is 0.0588. The number of hydrogen-bond donors (Lipinski definition) is 2. The van der Waals surface area contributed by atoms with Crippen LogP contribution in [0.5, 0.6) is 0 Å². The van der Waals surface area contributed by atoms with Gasteiger partial charge in [0, 0.05) is 5.69 Å². The highest BCUT2D eigenvalue weighted by Crippen LogP contribution is 2.30.